The van der Waals surface area contributed by atoms with E-state index in [-0.39, 0.29) is 0 Å². The van der Waals surface area contributed by atoms with Crippen molar-refractivity contribution in [1.29, 1.82) is 5.26 Å². The zero-order chi connectivity index (χ0) is 11.5. The summed E-state index contributed by atoms with van der Waals surface area (Å²) in [6.45, 7) is 5.92. The van der Waals surface area contributed by atoms with Crippen molar-refractivity contribution >= 4 is 0 Å². The van der Waals surface area contributed by atoms with Gasteiger partial charge < -0.3 is 9.80 Å². The van der Waals surface area contributed by atoms with Crippen LogP contribution in [-0.2, 0) is 0 Å². The SMILES string of the molecule is CC1=C=C=C(N2CCN(C)CC2)C(C#N)=C1. The van der Waals surface area contributed by atoms with Crippen LogP contribution < -0.4 is 0 Å². The molecule has 0 radical (unpaired) electrons. The number of nitrogens with zero attached hydrogens (tertiary/aromatic N) is 3. The molecular weight excluding hydrogens is 198 g/mol. The number of hydrogen-bond acceptors (Lipinski definition) is 3. The average molecular weight is 213 g/mol. The molecule has 0 aromatic heterocycles. The van der Waals surface area contributed by atoms with Gasteiger partial charge in [0.2, 0.25) is 0 Å². The number of likely N-dealkylation sites (N-methyl/N-ethyl adjacent to an activating group) is 1. The van der Waals surface area contributed by atoms with Crippen molar-refractivity contribution in [3.8, 4) is 6.07 Å². The minimum absolute atomic E-state index is 0.709. The van der Waals surface area contributed by atoms with Crippen LogP contribution in [0, 0.1) is 11.3 Å². The van der Waals surface area contributed by atoms with E-state index in [1.54, 1.807) is 0 Å². The molecule has 0 bridgehead atoms. The van der Waals surface area contributed by atoms with Crippen molar-refractivity contribution < 1.29 is 0 Å². The molecule has 0 N–H and O–H groups in total. The summed E-state index contributed by atoms with van der Waals surface area (Å²) in [4.78, 5) is 4.51. The number of nitriles is 1. The van der Waals surface area contributed by atoms with Gasteiger partial charge in [0.1, 0.15) is 11.8 Å². The lowest BCUT2D eigenvalue weighted by atomic mass is 10.1. The third kappa shape index (κ3) is 2.10. The van der Waals surface area contributed by atoms with Crippen molar-refractivity contribution in [2.75, 3.05) is 33.2 Å². The van der Waals surface area contributed by atoms with Crippen molar-refractivity contribution in [2.45, 2.75) is 6.92 Å². The van der Waals surface area contributed by atoms with Gasteiger partial charge in [0.05, 0.1) is 5.57 Å². The topological polar surface area (TPSA) is 30.3 Å². The molecule has 0 unspecified atom stereocenters. The Morgan fingerprint density at radius 2 is 1.94 bits per heavy atom. The van der Waals surface area contributed by atoms with Crippen LogP contribution in [0.4, 0.5) is 0 Å². The summed E-state index contributed by atoms with van der Waals surface area (Å²) in [6, 6.07) is 2.24. The van der Waals surface area contributed by atoms with E-state index in [2.05, 4.69) is 34.4 Å². The Labute approximate surface area is 96.3 Å². The second-order valence-electron chi connectivity index (χ2n) is 4.24. The van der Waals surface area contributed by atoms with Gasteiger partial charge in [0.15, 0.2) is 0 Å². The molecule has 0 amide bonds. The maximum absolute atomic E-state index is 9.10. The van der Waals surface area contributed by atoms with Crippen molar-refractivity contribution in [3.05, 3.63) is 34.4 Å². The first-order valence-electron chi connectivity index (χ1n) is 5.49. The van der Waals surface area contributed by atoms with Crippen molar-refractivity contribution in [3.63, 3.8) is 0 Å². The van der Waals surface area contributed by atoms with Gasteiger partial charge in [-0.25, -0.2) is 0 Å². The molecule has 1 aliphatic heterocycles. The van der Waals surface area contributed by atoms with E-state index >= 15 is 0 Å². The zero-order valence-electron chi connectivity index (χ0n) is 9.75. The van der Waals surface area contributed by atoms with Gasteiger partial charge in [-0.05, 0) is 25.8 Å². The molecule has 0 aromatic carbocycles. The normalized spacial score (nSPS) is 21.1. The molecular formula is C13H15N3. The van der Waals surface area contributed by atoms with E-state index in [0.29, 0.717) is 5.57 Å². The number of piperazine rings is 1. The summed E-state index contributed by atoms with van der Waals surface area (Å²) in [5.41, 5.74) is 8.73. The third-order valence-corrected chi connectivity index (χ3v) is 2.93. The van der Waals surface area contributed by atoms with Gasteiger partial charge in [-0.1, -0.05) is 5.73 Å². The van der Waals surface area contributed by atoms with Crippen molar-refractivity contribution in [1.82, 2.24) is 9.80 Å². The minimum Gasteiger partial charge on any atom is -0.361 e. The highest BCUT2D eigenvalue weighted by Gasteiger charge is 2.19. The fourth-order valence-electron chi connectivity index (χ4n) is 1.91. The third-order valence-electron chi connectivity index (χ3n) is 2.93. The maximum Gasteiger partial charge on any atom is 0.106 e. The Balaban J connectivity index is 2.25. The zero-order valence-corrected chi connectivity index (χ0v) is 9.75. The molecule has 0 aromatic rings. The monoisotopic (exact) mass is 213 g/mol. The summed E-state index contributed by atoms with van der Waals surface area (Å²) in [5.74, 6) is 0. The molecule has 1 heterocycles. The highest BCUT2D eigenvalue weighted by atomic mass is 15.2. The van der Waals surface area contributed by atoms with Gasteiger partial charge in [0.25, 0.3) is 0 Å². The van der Waals surface area contributed by atoms with E-state index in [0.717, 1.165) is 37.4 Å². The average Bonchev–Trinajstić information content (AvgIpc) is 2.30. The van der Waals surface area contributed by atoms with E-state index in [9.17, 15) is 0 Å². The van der Waals surface area contributed by atoms with E-state index in [1.165, 1.54) is 0 Å². The van der Waals surface area contributed by atoms with Gasteiger partial charge in [0, 0.05) is 31.8 Å². The fourth-order valence-corrected chi connectivity index (χ4v) is 1.91. The second kappa shape index (κ2) is 4.43. The van der Waals surface area contributed by atoms with Crippen LogP contribution in [-0.4, -0.2) is 43.0 Å². The molecule has 1 fully saturated rings. The van der Waals surface area contributed by atoms with Gasteiger partial charge in [-0.15, -0.1) is 0 Å². The summed E-state index contributed by atoms with van der Waals surface area (Å²) in [7, 11) is 2.12. The molecule has 0 spiro atoms. The Morgan fingerprint density at radius 3 is 2.56 bits per heavy atom. The Kier molecular flexibility index (Phi) is 2.99. The van der Waals surface area contributed by atoms with Crippen LogP contribution in [0.1, 0.15) is 6.92 Å². The number of hydrogen-bond donors (Lipinski definition) is 0. The van der Waals surface area contributed by atoms with Gasteiger partial charge in [-0.2, -0.15) is 5.26 Å². The Hall–Kier alpha value is -1.71. The quantitative estimate of drug-likeness (QED) is 0.615. The van der Waals surface area contributed by atoms with Crippen LogP contribution in [0.25, 0.3) is 0 Å². The molecule has 2 rings (SSSR count). The summed E-state index contributed by atoms with van der Waals surface area (Å²) < 4.78 is 0. The predicted octanol–water partition coefficient (Wildman–Crippen LogP) is 1.28. The van der Waals surface area contributed by atoms with Crippen LogP contribution in [0.15, 0.2) is 34.4 Å². The second-order valence-corrected chi connectivity index (χ2v) is 4.24. The molecule has 0 saturated carbocycles. The summed E-state index contributed by atoms with van der Waals surface area (Å²) >= 11 is 0. The summed E-state index contributed by atoms with van der Waals surface area (Å²) in [6.07, 6.45) is 1.88. The highest BCUT2D eigenvalue weighted by Crippen LogP contribution is 2.19. The molecule has 16 heavy (non-hydrogen) atoms. The molecule has 2 aliphatic rings. The van der Waals surface area contributed by atoms with Crippen LogP contribution in [0.3, 0.4) is 0 Å². The first-order valence-corrected chi connectivity index (χ1v) is 5.49. The van der Waals surface area contributed by atoms with E-state index in [4.69, 9.17) is 5.26 Å². The first-order chi connectivity index (χ1) is 7.70. The fraction of sp³-hybridized carbons (Fsp3) is 0.462. The van der Waals surface area contributed by atoms with Crippen LogP contribution in [0.2, 0.25) is 0 Å². The van der Waals surface area contributed by atoms with Crippen molar-refractivity contribution in [2.24, 2.45) is 0 Å². The van der Waals surface area contributed by atoms with Crippen LogP contribution in [0.5, 0.6) is 0 Å². The van der Waals surface area contributed by atoms with E-state index < -0.39 is 0 Å². The largest absolute Gasteiger partial charge is 0.361 e. The van der Waals surface area contributed by atoms with E-state index in [1.807, 2.05) is 13.0 Å². The highest BCUT2D eigenvalue weighted by molar-refractivity contribution is 5.47. The first kappa shape index (κ1) is 10.8. The molecule has 1 aliphatic carbocycles. The number of rotatable bonds is 1. The lowest BCUT2D eigenvalue weighted by molar-refractivity contribution is 0.189. The van der Waals surface area contributed by atoms with Gasteiger partial charge >= 0.3 is 0 Å². The Bertz CT molecular complexity index is 458. The Morgan fingerprint density at radius 1 is 1.25 bits per heavy atom. The molecule has 82 valence electrons. The molecule has 1 saturated heterocycles. The lowest BCUT2D eigenvalue weighted by Crippen LogP contribution is -2.44. The molecule has 3 heteroatoms. The molecule has 0 atom stereocenters. The standard InChI is InChI=1S/C13H15N3/c1-11-3-4-13(12(9-11)10-14)16-7-5-15(2)6-8-16/h9H,5-8H2,1-2H3. The van der Waals surface area contributed by atoms with Gasteiger partial charge in [-0.3, -0.25) is 0 Å². The summed E-state index contributed by atoms with van der Waals surface area (Å²) in [5, 5.41) is 9.10. The number of allylic oxidation sites excluding steroid dienone is 3. The lowest BCUT2D eigenvalue weighted by Gasteiger charge is -2.34. The maximum atomic E-state index is 9.10. The van der Waals surface area contributed by atoms with Crippen LogP contribution >= 0.6 is 0 Å². The minimum atomic E-state index is 0.709. The predicted molar refractivity (Wildman–Crippen MR) is 62.5 cm³/mol. The molecule has 3 nitrogen and oxygen atoms in total. The smallest absolute Gasteiger partial charge is 0.106 e.